The number of ether oxygens (including phenoxy) is 1. The van der Waals surface area contributed by atoms with E-state index in [1.807, 2.05) is 6.07 Å². The summed E-state index contributed by atoms with van der Waals surface area (Å²) < 4.78 is 4.97. The summed E-state index contributed by atoms with van der Waals surface area (Å²) in [5.74, 6) is -0.374. The van der Waals surface area contributed by atoms with Crippen LogP contribution in [0.5, 0.6) is 0 Å². The molecule has 0 bridgehead atoms. The fourth-order valence-corrected chi connectivity index (χ4v) is 2.23. The predicted octanol–water partition coefficient (Wildman–Crippen LogP) is 4.54. The fourth-order valence-electron chi connectivity index (χ4n) is 1.84. The first-order valence-electron chi connectivity index (χ1n) is 6.13. The lowest BCUT2D eigenvalue weighted by Gasteiger charge is -2.09. The zero-order valence-electron chi connectivity index (χ0n) is 11.1. The van der Waals surface area contributed by atoms with Gasteiger partial charge in [0, 0.05) is 5.56 Å². The van der Waals surface area contributed by atoms with Crippen LogP contribution in [0.15, 0.2) is 30.3 Å². The van der Waals surface area contributed by atoms with E-state index in [4.69, 9.17) is 27.9 Å². The summed E-state index contributed by atoms with van der Waals surface area (Å²) in [4.78, 5) is 16.1. The first-order chi connectivity index (χ1) is 9.54. The number of carbonyl (C=O) groups excluding carboxylic acids is 1. The zero-order chi connectivity index (χ0) is 14.7. The number of rotatable bonds is 3. The van der Waals surface area contributed by atoms with Crippen molar-refractivity contribution in [1.29, 1.82) is 0 Å². The molecule has 1 heterocycles. The third-order valence-corrected chi connectivity index (χ3v) is 3.63. The van der Waals surface area contributed by atoms with E-state index < -0.39 is 0 Å². The van der Waals surface area contributed by atoms with Gasteiger partial charge in [-0.2, -0.15) is 0 Å². The van der Waals surface area contributed by atoms with E-state index >= 15 is 0 Å². The van der Waals surface area contributed by atoms with E-state index in [1.54, 1.807) is 38.1 Å². The highest BCUT2D eigenvalue weighted by Gasteiger charge is 2.14. The van der Waals surface area contributed by atoms with Crippen molar-refractivity contribution in [1.82, 2.24) is 4.98 Å². The van der Waals surface area contributed by atoms with Gasteiger partial charge < -0.3 is 4.74 Å². The molecule has 0 saturated carbocycles. The van der Waals surface area contributed by atoms with Gasteiger partial charge in [-0.3, -0.25) is 4.98 Å². The van der Waals surface area contributed by atoms with Crippen molar-refractivity contribution >= 4 is 29.2 Å². The Balaban J connectivity index is 2.43. The fraction of sp³-hybridized carbons (Fsp3) is 0.200. The molecule has 0 atom stereocenters. The molecule has 5 heteroatoms. The van der Waals surface area contributed by atoms with E-state index in [2.05, 4.69) is 4.98 Å². The van der Waals surface area contributed by atoms with Gasteiger partial charge in [-0.25, -0.2) is 4.79 Å². The molecule has 3 nitrogen and oxygen atoms in total. The van der Waals surface area contributed by atoms with Crippen molar-refractivity contribution in [3.8, 4) is 11.3 Å². The second-order valence-electron chi connectivity index (χ2n) is 4.15. The highest BCUT2D eigenvalue weighted by molar-refractivity contribution is 6.43. The molecule has 0 unspecified atom stereocenters. The quantitative estimate of drug-likeness (QED) is 0.781. The Kier molecular flexibility index (Phi) is 4.63. The molecule has 0 saturated heterocycles. The minimum Gasteiger partial charge on any atom is -0.462 e. The van der Waals surface area contributed by atoms with Crippen LogP contribution in [0.3, 0.4) is 0 Å². The van der Waals surface area contributed by atoms with Crippen molar-refractivity contribution in [3.05, 3.63) is 51.6 Å². The van der Waals surface area contributed by atoms with Crippen LogP contribution in [-0.2, 0) is 4.74 Å². The van der Waals surface area contributed by atoms with Crippen LogP contribution in [-0.4, -0.2) is 17.6 Å². The van der Waals surface area contributed by atoms with Crippen molar-refractivity contribution < 1.29 is 9.53 Å². The lowest BCUT2D eigenvalue weighted by molar-refractivity contribution is 0.0525. The number of aromatic nitrogens is 1. The van der Waals surface area contributed by atoms with Gasteiger partial charge in [0.25, 0.3) is 0 Å². The monoisotopic (exact) mass is 309 g/mol. The first-order valence-corrected chi connectivity index (χ1v) is 6.89. The van der Waals surface area contributed by atoms with Crippen molar-refractivity contribution in [2.45, 2.75) is 13.8 Å². The largest absolute Gasteiger partial charge is 0.462 e. The zero-order valence-corrected chi connectivity index (χ0v) is 12.6. The van der Waals surface area contributed by atoms with Gasteiger partial charge in [-0.05, 0) is 32.0 Å². The average Bonchev–Trinajstić information content (AvgIpc) is 2.42. The highest BCUT2D eigenvalue weighted by Crippen LogP contribution is 2.32. The summed E-state index contributed by atoms with van der Waals surface area (Å²) in [6, 6.07) is 8.77. The number of nitrogens with zero attached hydrogens (tertiary/aromatic N) is 1. The molecule has 0 fully saturated rings. The number of hydrogen-bond donors (Lipinski definition) is 0. The van der Waals surface area contributed by atoms with Crippen molar-refractivity contribution in [3.63, 3.8) is 0 Å². The Hall–Kier alpha value is -1.58. The number of hydrogen-bond acceptors (Lipinski definition) is 3. The lowest BCUT2D eigenvalue weighted by atomic mass is 10.1. The Bertz CT molecular complexity index is 656. The highest BCUT2D eigenvalue weighted by atomic mass is 35.5. The number of aryl methyl sites for hydroxylation is 1. The summed E-state index contributed by atoms with van der Waals surface area (Å²) in [6.07, 6.45) is 0. The van der Waals surface area contributed by atoms with Gasteiger partial charge in [0.15, 0.2) is 0 Å². The van der Waals surface area contributed by atoms with Crippen LogP contribution in [0.2, 0.25) is 10.0 Å². The summed E-state index contributed by atoms with van der Waals surface area (Å²) in [5, 5.41) is 0.919. The van der Waals surface area contributed by atoms with Gasteiger partial charge in [-0.1, -0.05) is 35.3 Å². The summed E-state index contributed by atoms with van der Waals surface area (Å²) >= 11 is 12.2. The second kappa shape index (κ2) is 6.25. The van der Waals surface area contributed by atoms with Crippen LogP contribution >= 0.6 is 23.2 Å². The number of carbonyl (C=O) groups is 1. The number of pyridine rings is 1. The SMILES string of the molecule is CCOC(=O)c1ccc(-c2cccc(Cl)c2Cl)nc1C. The Morgan fingerprint density at radius 3 is 2.65 bits per heavy atom. The van der Waals surface area contributed by atoms with Gasteiger partial charge >= 0.3 is 5.97 Å². The third-order valence-electron chi connectivity index (χ3n) is 2.81. The molecule has 20 heavy (non-hydrogen) atoms. The maximum atomic E-state index is 11.7. The predicted molar refractivity (Wildman–Crippen MR) is 80.4 cm³/mol. The molecule has 104 valence electrons. The van der Waals surface area contributed by atoms with Crippen LogP contribution in [0.4, 0.5) is 0 Å². The second-order valence-corrected chi connectivity index (χ2v) is 4.94. The van der Waals surface area contributed by atoms with E-state index in [9.17, 15) is 4.79 Å². The topological polar surface area (TPSA) is 39.2 Å². The molecule has 0 aliphatic rings. The van der Waals surface area contributed by atoms with Crippen LogP contribution in [0, 0.1) is 6.92 Å². The standard InChI is InChI=1S/C15H13Cl2NO2/c1-3-20-15(19)10-7-8-13(18-9(10)2)11-5-4-6-12(16)14(11)17/h4-8H,3H2,1-2H3. The smallest absolute Gasteiger partial charge is 0.339 e. The lowest BCUT2D eigenvalue weighted by Crippen LogP contribution is -2.08. The van der Waals surface area contributed by atoms with Gasteiger partial charge in [-0.15, -0.1) is 0 Å². The molecule has 1 aromatic heterocycles. The first kappa shape index (κ1) is 14.8. The molecule has 0 aliphatic heterocycles. The van der Waals surface area contributed by atoms with Gasteiger partial charge in [0.2, 0.25) is 0 Å². The minimum atomic E-state index is -0.374. The van der Waals surface area contributed by atoms with Crippen molar-refractivity contribution in [2.75, 3.05) is 6.61 Å². The Morgan fingerprint density at radius 1 is 1.25 bits per heavy atom. The summed E-state index contributed by atoms with van der Waals surface area (Å²) in [6.45, 7) is 3.86. The van der Waals surface area contributed by atoms with E-state index in [1.165, 1.54) is 0 Å². The van der Waals surface area contributed by atoms with Gasteiger partial charge in [0.1, 0.15) is 0 Å². The summed E-state index contributed by atoms with van der Waals surface area (Å²) in [7, 11) is 0. The van der Waals surface area contributed by atoms with Gasteiger partial charge in [0.05, 0.1) is 33.6 Å². The molecule has 0 amide bonds. The number of esters is 1. The molecule has 0 N–H and O–H groups in total. The van der Waals surface area contributed by atoms with Crippen molar-refractivity contribution in [2.24, 2.45) is 0 Å². The maximum Gasteiger partial charge on any atom is 0.339 e. The number of halogens is 2. The van der Waals surface area contributed by atoms with Crippen LogP contribution < -0.4 is 0 Å². The molecular formula is C15H13Cl2NO2. The van der Waals surface area contributed by atoms with Crippen LogP contribution in [0.25, 0.3) is 11.3 Å². The minimum absolute atomic E-state index is 0.333. The Labute approximate surface area is 127 Å². The third kappa shape index (κ3) is 2.94. The van der Waals surface area contributed by atoms with Crippen LogP contribution in [0.1, 0.15) is 23.0 Å². The molecule has 0 aliphatic carbocycles. The number of benzene rings is 1. The normalized spacial score (nSPS) is 10.4. The van der Waals surface area contributed by atoms with E-state index in [-0.39, 0.29) is 5.97 Å². The molecule has 0 radical (unpaired) electrons. The Morgan fingerprint density at radius 2 is 2.00 bits per heavy atom. The molecule has 2 rings (SSSR count). The maximum absolute atomic E-state index is 11.7. The molecule has 1 aromatic carbocycles. The van der Waals surface area contributed by atoms with E-state index in [0.717, 1.165) is 5.56 Å². The molecule has 2 aromatic rings. The molecular weight excluding hydrogens is 297 g/mol. The average molecular weight is 310 g/mol. The molecule has 0 spiro atoms. The van der Waals surface area contributed by atoms with E-state index in [0.29, 0.717) is 33.6 Å². The summed E-state index contributed by atoms with van der Waals surface area (Å²) in [5.41, 5.74) is 2.45.